The van der Waals surface area contributed by atoms with E-state index < -0.39 is 11.9 Å². The second-order valence-corrected chi connectivity index (χ2v) is 8.48. The van der Waals surface area contributed by atoms with Crippen molar-refractivity contribution in [2.75, 3.05) is 36.5 Å². The Kier molecular flexibility index (Phi) is 4.97. The monoisotopic (exact) mass is 466 g/mol. The molecule has 1 N–H and O–H groups in total. The number of anilines is 2. The van der Waals surface area contributed by atoms with Gasteiger partial charge in [0.15, 0.2) is 0 Å². The van der Waals surface area contributed by atoms with Crippen molar-refractivity contribution in [3.8, 4) is 16.9 Å². The number of piperazine rings is 1. The molecule has 0 radical (unpaired) electrons. The summed E-state index contributed by atoms with van der Waals surface area (Å²) < 4.78 is 14.5. The highest BCUT2D eigenvalue weighted by molar-refractivity contribution is 6.34. The van der Waals surface area contributed by atoms with Crippen LogP contribution < -0.4 is 9.80 Å². The van der Waals surface area contributed by atoms with Crippen molar-refractivity contribution in [3.05, 3.63) is 60.0 Å². The number of pyridine rings is 1. The van der Waals surface area contributed by atoms with Gasteiger partial charge in [-0.1, -0.05) is 24.2 Å². The molecule has 1 saturated heterocycles. The smallest absolute Gasteiger partial charge is 0.251 e. The van der Waals surface area contributed by atoms with Gasteiger partial charge >= 0.3 is 0 Å². The molecule has 1 aromatic heterocycles. The summed E-state index contributed by atoms with van der Waals surface area (Å²) in [7, 11) is 1.67. The zero-order chi connectivity index (χ0) is 23.4. The number of carbonyl (C=O) groups excluding carboxylic acids is 2. The van der Waals surface area contributed by atoms with Gasteiger partial charge in [-0.15, -0.1) is 0 Å². The molecule has 168 valence electrons. The minimum Gasteiger partial charge on any atom is -0.507 e. The molecule has 3 aromatic rings. The van der Waals surface area contributed by atoms with E-state index in [1.165, 1.54) is 29.2 Å². The zero-order valence-corrected chi connectivity index (χ0v) is 18.5. The highest BCUT2D eigenvalue weighted by Gasteiger charge is 2.42. The lowest BCUT2D eigenvalue weighted by Gasteiger charge is -2.47. The Bertz CT molecular complexity index is 1320. The summed E-state index contributed by atoms with van der Waals surface area (Å²) >= 11 is 6.58. The van der Waals surface area contributed by atoms with Crippen molar-refractivity contribution in [1.29, 1.82) is 0 Å². The van der Waals surface area contributed by atoms with E-state index in [4.69, 9.17) is 11.6 Å². The summed E-state index contributed by atoms with van der Waals surface area (Å²) in [6.07, 6.45) is 2.85. The summed E-state index contributed by atoms with van der Waals surface area (Å²) in [5.74, 6) is -1.16. The third-order valence-electron chi connectivity index (χ3n) is 6.30. The second-order valence-electron chi connectivity index (χ2n) is 8.07. The molecule has 2 aliphatic heterocycles. The fraction of sp³-hybridized carbons (Fsp3) is 0.208. The van der Waals surface area contributed by atoms with Crippen LogP contribution >= 0.6 is 11.6 Å². The third kappa shape index (κ3) is 3.21. The number of nitrogens with zero attached hydrogens (tertiary/aromatic N) is 4. The minimum absolute atomic E-state index is 0.00523. The number of carbonyl (C=O) groups is 2. The van der Waals surface area contributed by atoms with Crippen LogP contribution in [0.5, 0.6) is 5.75 Å². The summed E-state index contributed by atoms with van der Waals surface area (Å²) in [5.41, 5.74) is 2.28. The Balaban J connectivity index is 1.67. The number of aromatic hydroxyl groups is 1. The molecule has 7 nitrogen and oxygen atoms in total. The molecule has 1 fully saturated rings. The van der Waals surface area contributed by atoms with Gasteiger partial charge in [0, 0.05) is 36.1 Å². The molecular formula is C24H20ClFN4O3. The molecule has 0 bridgehead atoms. The van der Waals surface area contributed by atoms with Crippen molar-refractivity contribution in [1.82, 2.24) is 9.88 Å². The largest absolute Gasteiger partial charge is 0.507 e. The highest BCUT2D eigenvalue weighted by atomic mass is 35.5. The Hall–Kier alpha value is -3.65. The molecule has 0 spiro atoms. The predicted octanol–water partition coefficient (Wildman–Crippen LogP) is 3.58. The molecule has 2 amide bonds. The number of halogens is 2. The van der Waals surface area contributed by atoms with E-state index in [0.717, 1.165) is 5.69 Å². The number of benzene rings is 2. The molecule has 1 atom stereocenters. The molecular weight excluding hydrogens is 447 g/mol. The first-order valence-electron chi connectivity index (χ1n) is 10.4. The van der Waals surface area contributed by atoms with Crippen molar-refractivity contribution in [2.45, 2.75) is 6.04 Å². The first kappa shape index (κ1) is 21.2. The molecule has 0 saturated carbocycles. The number of phenols is 1. The van der Waals surface area contributed by atoms with E-state index in [1.807, 2.05) is 4.90 Å². The normalized spacial score (nSPS) is 17.7. The second kappa shape index (κ2) is 7.74. The summed E-state index contributed by atoms with van der Waals surface area (Å²) in [4.78, 5) is 34.9. The van der Waals surface area contributed by atoms with Gasteiger partial charge in [0.1, 0.15) is 17.6 Å². The number of likely N-dealkylation sites (N-methyl/N-ethyl adjacent to an activating group) is 1. The average molecular weight is 467 g/mol. The van der Waals surface area contributed by atoms with E-state index in [2.05, 4.69) is 11.6 Å². The quantitative estimate of drug-likeness (QED) is 0.584. The molecule has 0 aliphatic carbocycles. The summed E-state index contributed by atoms with van der Waals surface area (Å²) in [6.45, 7) is 4.67. The summed E-state index contributed by atoms with van der Waals surface area (Å²) in [5, 5.41) is 11.2. The van der Waals surface area contributed by atoms with Gasteiger partial charge in [0.2, 0.25) is 5.91 Å². The number of hydrogen-bond acceptors (Lipinski definition) is 5. The third-order valence-corrected chi connectivity index (χ3v) is 6.61. The minimum atomic E-state index is -0.595. The Morgan fingerprint density at radius 2 is 2.12 bits per heavy atom. The molecule has 5 rings (SSSR count). The maximum atomic E-state index is 14.5. The SMILES string of the molecule is C=CC(=O)N1CCN2c3c(cnc4cc(-c5c(O)cccc5F)c(Cl)cc34)N(C)C(=O)[C@@H]2C1. The van der Waals surface area contributed by atoms with Crippen LogP contribution in [0.2, 0.25) is 5.02 Å². The van der Waals surface area contributed by atoms with Crippen molar-refractivity contribution in [3.63, 3.8) is 0 Å². The number of fused-ring (bicyclic) bond motifs is 5. The predicted molar refractivity (Wildman–Crippen MR) is 125 cm³/mol. The van der Waals surface area contributed by atoms with Crippen LogP contribution in [-0.2, 0) is 9.59 Å². The molecule has 33 heavy (non-hydrogen) atoms. The lowest BCUT2D eigenvalue weighted by atomic mass is 9.98. The Labute approximate surface area is 194 Å². The first-order valence-corrected chi connectivity index (χ1v) is 10.7. The summed E-state index contributed by atoms with van der Waals surface area (Å²) in [6, 6.07) is 6.84. The standard InChI is InChI=1S/C24H20ClFN4O3/c1-3-21(32)29-7-8-30-19(12-29)24(33)28(2)18-11-27-17-10-13(15(25)9-14(17)23(18)30)22-16(26)5-4-6-20(22)31/h3-6,9-11,19,31H,1,7-8,12H2,2H3/t19-/m0/s1. The number of hydrogen-bond donors (Lipinski definition) is 1. The van der Waals surface area contributed by atoms with E-state index in [0.29, 0.717) is 35.2 Å². The zero-order valence-electron chi connectivity index (χ0n) is 17.8. The van der Waals surface area contributed by atoms with Gasteiger partial charge in [0.25, 0.3) is 5.91 Å². The van der Waals surface area contributed by atoms with Crippen LogP contribution in [0.3, 0.4) is 0 Å². The fourth-order valence-electron chi connectivity index (χ4n) is 4.64. The van der Waals surface area contributed by atoms with Gasteiger partial charge in [-0.05, 0) is 30.3 Å². The Morgan fingerprint density at radius 1 is 1.33 bits per heavy atom. The van der Waals surface area contributed by atoms with E-state index in [-0.39, 0.29) is 34.7 Å². The van der Waals surface area contributed by atoms with Gasteiger partial charge in [0.05, 0.1) is 35.2 Å². The van der Waals surface area contributed by atoms with E-state index in [9.17, 15) is 19.1 Å². The maximum absolute atomic E-state index is 14.5. The van der Waals surface area contributed by atoms with Crippen molar-refractivity contribution < 1.29 is 19.1 Å². The van der Waals surface area contributed by atoms with Gasteiger partial charge < -0.3 is 19.8 Å². The molecule has 2 aliphatic rings. The molecule has 9 heteroatoms. The van der Waals surface area contributed by atoms with Crippen LogP contribution in [-0.4, -0.2) is 59.5 Å². The number of aromatic nitrogens is 1. The van der Waals surface area contributed by atoms with Crippen LogP contribution in [0.1, 0.15) is 0 Å². The lowest BCUT2D eigenvalue weighted by Crippen LogP contribution is -2.62. The van der Waals surface area contributed by atoms with Crippen molar-refractivity contribution >= 4 is 45.7 Å². The van der Waals surface area contributed by atoms with Crippen LogP contribution in [0.25, 0.3) is 22.0 Å². The fourth-order valence-corrected chi connectivity index (χ4v) is 4.90. The molecule has 2 aromatic carbocycles. The van der Waals surface area contributed by atoms with Gasteiger partial charge in [-0.3, -0.25) is 14.6 Å². The lowest BCUT2D eigenvalue weighted by molar-refractivity contribution is -0.128. The van der Waals surface area contributed by atoms with Crippen molar-refractivity contribution in [2.24, 2.45) is 0 Å². The average Bonchev–Trinajstić information content (AvgIpc) is 2.81. The van der Waals surface area contributed by atoms with Crippen LogP contribution in [0.4, 0.5) is 15.8 Å². The Morgan fingerprint density at radius 3 is 2.85 bits per heavy atom. The first-order chi connectivity index (χ1) is 15.8. The number of phenolic OH excluding ortho intramolecular Hbond substituents is 1. The van der Waals surface area contributed by atoms with E-state index in [1.54, 1.807) is 30.3 Å². The maximum Gasteiger partial charge on any atom is 0.251 e. The van der Waals surface area contributed by atoms with E-state index >= 15 is 0 Å². The number of rotatable bonds is 2. The molecule has 0 unspecified atom stereocenters. The van der Waals surface area contributed by atoms with Crippen LogP contribution in [0.15, 0.2) is 49.2 Å². The van der Waals surface area contributed by atoms with Crippen LogP contribution in [0, 0.1) is 5.82 Å². The van der Waals surface area contributed by atoms with Gasteiger partial charge in [-0.2, -0.15) is 0 Å². The van der Waals surface area contributed by atoms with Gasteiger partial charge in [-0.25, -0.2) is 4.39 Å². The highest BCUT2D eigenvalue weighted by Crippen LogP contribution is 2.45. The number of amides is 2. The molecule has 3 heterocycles. The topological polar surface area (TPSA) is 77.0 Å².